The summed E-state index contributed by atoms with van der Waals surface area (Å²) in [7, 11) is 0. The van der Waals surface area contributed by atoms with Gasteiger partial charge in [-0.1, -0.05) is 49.8 Å². The molecule has 0 radical (unpaired) electrons. The molecule has 1 saturated heterocycles. The first-order chi connectivity index (χ1) is 12.1. The highest BCUT2D eigenvalue weighted by Gasteiger charge is 2.66. The fourth-order valence-corrected chi connectivity index (χ4v) is 6.29. The van der Waals surface area contributed by atoms with Crippen LogP contribution in [0.5, 0.6) is 0 Å². The van der Waals surface area contributed by atoms with Crippen LogP contribution in [-0.4, -0.2) is 29.2 Å². The third-order valence-electron chi connectivity index (χ3n) is 7.80. The quantitative estimate of drug-likeness (QED) is 0.578. The molecule has 0 aromatic heterocycles. The standard InChI is InChI=1S/C23H34O3/c1-14(2)9-12-23(24)15(3)17-10-11-22(23,6)18-8-7-16-13-25-21(4,5)26-20(16)19(17)18/h8-9,12,15-17,19-20,24H,1,7,10-11,13H2,2-6H3/b12-9-/t15-,16+,17+,19-,20-,22+,23-/m1/s1. The van der Waals surface area contributed by atoms with Crippen molar-refractivity contribution < 1.29 is 14.6 Å². The van der Waals surface area contributed by atoms with Crippen LogP contribution < -0.4 is 0 Å². The minimum Gasteiger partial charge on any atom is -0.385 e. The Morgan fingerprint density at radius 3 is 2.77 bits per heavy atom. The van der Waals surface area contributed by atoms with Crippen LogP contribution in [0.4, 0.5) is 0 Å². The van der Waals surface area contributed by atoms with Gasteiger partial charge in [0.2, 0.25) is 0 Å². The van der Waals surface area contributed by atoms with E-state index in [0.29, 0.717) is 17.8 Å². The predicted octanol–water partition coefficient (Wildman–Crippen LogP) is 4.63. The Kier molecular flexibility index (Phi) is 4.12. The summed E-state index contributed by atoms with van der Waals surface area (Å²) >= 11 is 0. The topological polar surface area (TPSA) is 38.7 Å². The Hall–Kier alpha value is -0.900. The van der Waals surface area contributed by atoms with Gasteiger partial charge in [0.1, 0.15) is 0 Å². The summed E-state index contributed by atoms with van der Waals surface area (Å²) < 4.78 is 12.4. The zero-order valence-corrected chi connectivity index (χ0v) is 16.9. The second-order valence-corrected chi connectivity index (χ2v) is 9.80. The maximum atomic E-state index is 11.8. The molecule has 3 heteroatoms. The van der Waals surface area contributed by atoms with Crippen LogP contribution in [0, 0.1) is 29.1 Å². The van der Waals surface area contributed by atoms with Gasteiger partial charge in [0.15, 0.2) is 5.79 Å². The maximum Gasteiger partial charge on any atom is 0.163 e. The first-order valence-corrected chi connectivity index (χ1v) is 10.2. The zero-order valence-electron chi connectivity index (χ0n) is 16.9. The van der Waals surface area contributed by atoms with Crippen molar-refractivity contribution in [1.82, 2.24) is 0 Å². The lowest BCUT2D eigenvalue weighted by atomic mass is 9.42. The number of ether oxygens (including phenoxy) is 2. The number of hydrogen-bond donors (Lipinski definition) is 1. The molecule has 7 atom stereocenters. The number of fused-ring (bicyclic) bond motifs is 3. The summed E-state index contributed by atoms with van der Waals surface area (Å²) in [6, 6.07) is 0. The first-order valence-electron chi connectivity index (χ1n) is 10.2. The van der Waals surface area contributed by atoms with Gasteiger partial charge in [-0.15, -0.1) is 0 Å². The summed E-state index contributed by atoms with van der Waals surface area (Å²) in [4.78, 5) is 0. The summed E-state index contributed by atoms with van der Waals surface area (Å²) in [6.45, 7) is 15.3. The molecule has 3 nitrogen and oxygen atoms in total. The van der Waals surface area contributed by atoms with Crippen LogP contribution in [0.15, 0.2) is 36.0 Å². The molecule has 1 N–H and O–H groups in total. The van der Waals surface area contributed by atoms with E-state index in [1.54, 1.807) is 0 Å². The molecule has 5 aliphatic rings. The first kappa shape index (κ1) is 18.5. The Balaban J connectivity index is 1.77. The van der Waals surface area contributed by atoms with E-state index in [9.17, 15) is 5.11 Å². The van der Waals surface area contributed by atoms with Gasteiger partial charge < -0.3 is 14.6 Å². The van der Waals surface area contributed by atoms with Gasteiger partial charge in [-0.3, -0.25) is 0 Å². The van der Waals surface area contributed by atoms with Crippen LogP contribution in [0.25, 0.3) is 0 Å². The minimum atomic E-state index is -0.815. The molecule has 4 fully saturated rings. The second-order valence-electron chi connectivity index (χ2n) is 9.80. The third kappa shape index (κ3) is 2.43. The molecule has 1 aliphatic heterocycles. The third-order valence-corrected chi connectivity index (χ3v) is 7.80. The zero-order chi connectivity index (χ0) is 18.9. The second kappa shape index (κ2) is 5.80. The van der Waals surface area contributed by atoms with Crippen LogP contribution in [0.2, 0.25) is 0 Å². The summed E-state index contributed by atoms with van der Waals surface area (Å²) in [5.74, 6) is 0.979. The molecule has 0 aromatic carbocycles. The Morgan fingerprint density at radius 2 is 2.08 bits per heavy atom. The maximum absolute atomic E-state index is 11.8. The number of allylic oxidation sites excluding steroid dienone is 3. The van der Waals surface area contributed by atoms with Gasteiger partial charge in [-0.25, -0.2) is 0 Å². The summed E-state index contributed by atoms with van der Waals surface area (Å²) in [5, 5.41) is 11.8. The number of aliphatic hydroxyl groups is 1. The van der Waals surface area contributed by atoms with Crippen molar-refractivity contribution >= 4 is 0 Å². The Bertz CT molecular complexity index is 675. The lowest BCUT2D eigenvalue weighted by Gasteiger charge is -2.66. The van der Waals surface area contributed by atoms with E-state index in [0.717, 1.165) is 31.4 Å². The van der Waals surface area contributed by atoms with Crippen molar-refractivity contribution in [3.8, 4) is 0 Å². The Labute approximate surface area is 158 Å². The van der Waals surface area contributed by atoms with E-state index in [2.05, 4.69) is 26.5 Å². The van der Waals surface area contributed by atoms with E-state index >= 15 is 0 Å². The molecule has 1 heterocycles. The molecule has 5 rings (SSSR count). The largest absolute Gasteiger partial charge is 0.385 e. The molecule has 4 aliphatic carbocycles. The lowest BCUT2D eigenvalue weighted by molar-refractivity contribution is -0.314. The van der Waals surface area contributed by atoms with Crippen molar-refractivity contribution in [3.05, 3.63) is 36.0 Å². The SMILES string of the molecule is C=C(C)/C=C\[C@@]1(O)[C@H](C)[C@@H]2CC[C@@]1(C)C1=CC[C@H]3COC(C)(C)O[C@H]3[C@@H]12. The molecule has 0 unspecified atom stereocenters. The van der Waals surface area contributed by atoms with Gasteiger partial charge >= 0.3 is 0 Å². The fourth-order valence-electron chi connectivity index (χ4n) is 6.29. The lowest BCUT2D eigenvalue weighted by Crippen LogP contribution is -2.67. The van der Waals surface area contributed by atoms with Gasteiger partial charge in [-0.2, -0.15) is 0 Å². The van der Waals surface area contributed by atoms with Crippen molar-refractivity contribution in [2.24, 2.45) is 29.1 Å². The van der Waals surface area contributed by atoms with Crippen molar-refractivity contribution in [3.63, 3.8) is 0 Å². The molecule has 3 saturated carbocycles. The van der Waals surface area contributed by atoms with Gasteiger partial charge in [0.05, 0.1) is 18.3 Å². The van der Waals surface area contributed by atoms with Crippen LogP contribution >= 0.6 is 0 Å². The highest BCUT2D eigenvalue weighted by molar-refractivity contribution is 5.39. The number of hydrogen-bond acceptors (Lipinski definition) is 3. The monoisotopic (exact) mass is 358 g/mol. The van der Waals surface area contributed by atoms with Crippen molar-refractivity contribution in [2.45, 2.75) is 71.4 Å². The molecular weight excluding hydrogens is 324 g/mol. The van der Waals surface area contributed by atoms with Crippen molar-refractivity contribution in [2.75, 3.05) is 6.61 Å². The molecule has 26 heavy (non-hydrogen) atoms. The molecule has 2 bridgehead atoms. The van der Waals surface area contributed by atoms with Gasteiger partial charge in [0.25, 0.3) is 0 Å². The normalized spacial score (nSPS) is 49.5. The minimum absolute atomic E-state index is 0.201. The highest BCUT2D eigenvalue weighted by atomic mass is 16.7. The smallest absolute Gasteiger partial charge is 0.163 e. The molecular formula is C23H34O3. The summed E-state index contributed by atoms with van der Waals surface area (Å²) in [5.41, 5.74) is 1.37. The van der Waals surface area contributed by atoms with Gasteiger partial charge in [0, 0.05) is 17.3 Å². The van der Waals surface area contributed by atoms with Gasteiger partial charge in [-0.05, 0) is 51.9 Å². The summed E-state index contributed by atoms with van der Waals surface area (Å²) in [6.07, 6.45) is 9.84. The van der Waals surface area contributed by atoms with E-state index in [-0.39, 0.29) is 17.4 Å². The van der Waals surface area contributed by atoms with E-state index in [1.165, 1.54) is 5.57 Å². The highest BCUT2D eigenvalue weighted by Crippen LogP contribution is 2.66. The molecule has 0 amide bonds. The molecule has 144 valence electrons. The van der Waals surface area contributed by atoms with Crippen LogP contribution in [-0.2, 0) is 9.47 Å². The van der Waals surface area contributed by atoms with Crippen LogP contribution in [0.1, 0.15) is 53.9 Å². The molecule has 0 aromatic rings. The van der Waals surface area contributed by atoms with E-state index < -0.39 is 11.4 Å². The molecule has 0 spiro atoms. The van der Waals surface area contributed by atoms with E-state index in [4.69, 9.17) is 9.47 Å². The number of rotatable bonds is 2. The Morgan fingerprint density at radius 1 is 1.35 bits per heavy atom. The average molecular weight is 359 g/mol. The van der Waals surface area contributed by atoms with Crippen molar-refractivity contribution in [1.29, 1.82) is 0 Å². The fraction of sp³-hybridized carbons (Fsp3) is 0.739. The average Bonchev–Trinajstić information content (AvgIpc) is 2.57. The van der Waals surface area contributed by atoms with Crippen LogP contribution in [0.3, 0.4) is 0 Å². The van der Waals surface area contributed by atoms with E-state index in [1.807, 2.05) is 32.9 Å². The predicted molar refractivity (Wildman–Crippen MR) is 103 cm³/mol.